The lowest BCUT2D eigenvalue weighted by molar-refractivity contribution is -0.121. The van der Waals surface area contributed by atoms with Crippen molar-refractivity contribution in [3.63, 3.8) is 0 Å². The number of hydrogen-bond acceptors (Lipinski definition) is 5. The molecule has 8 heteroatoms. The molecule has 0 aromatic heterocycles. The third-order valence-electron chi connectivity index (χ3n) is 6.18. The van der Waals surface area contributed by atoms with Gasteiger partial charge in [-0.15, -0.1) is 0 Å². The Morgan fingerprint density at radius 2 is 1.64 bits per heavy atom. The summed E-state index contributed by atoms with van der Waals surface area (Å²) in [6.07, 6.45) is 0.592. The maximum absolute atomic E-state index is 13.6. The quantitative estimate of drug-likeness (QED) is 0.493. The van der Waals surface area contributed by atoms with E-state index in [9.17, 15) is 14.0 Å². The average Bonchev–Trinajstić information content (AvgIpc) is 3.45. The van der Waals surface area contributed by atoms with E-state index < -0.39 is 5.25 Å². The van der Waals surface area contributed by atoms with Crippen LogP contribution >= 0.6 is 11.8 Å². The lowest BCUT2D eigenvalue weighted by atomic mass is 9.98. The van der Waals surface area contributed by atoms with Crippen LogP contribution < -0.4 is 5.32 Å². The van der Waals surface area contributed by atoms with Crippen LogP contribution in [-0.4, -0.2) is 33.0 Å². The number of aryl methyl sites for hydroxylation is 2. The summed E-state index contributed by atoms with van der Waals surface area (Å²) in [6, 6.07) is 21.7. The topological polar surface area (TPSA) is 74.1 Å². The molecule has 0 aliphatic carbocycles. The molecule has 3 aromatic rings. The van der Waals surface area contributed by atoms with Gasteiger partial charge in [0.15, 0.2) is 5.17 Å². The number of carbonyl (C=O) groups excluding carboxylic acids is 2. The molecule has 2 heterocycles. The van der Waals surface area contributed by atoms with Crippen molar-refractivity contribution in [2.24, 2.45) is 10.1 Å². The molecule has 0 spiro atoms. The van der Waals surface area contributed by atoms with Crippen molar-refractivity contribution in [3.05, 3.63) is 101 Å². The summed E-state index contributed by atoms with van der Waals surface area (Å²) in [5, 5.41) is 9.23. The van der Waals surface area contributed by atoms with E-state index in [4.69, 9.17) is 5.10 Å². The number of benzene rings is 3. The Morgan fingerprint density at radius 3 is 2.31 bits per heavy atom. The smallest absolute Gasteiger partial charge is 0.262 e. The van der Waals surface area contributed by atoms with Gasteiger partial charge in [0.1, 0.15) is 11.1 Å². The van der Waals surface area contributed by atoms with E-state index in [0.717, 1.165) is 28.0 Å². The zero-order valence-electron chi connectivity index (χ0n) is 19.9. The van der Waals surface area contributed by atoms with Crippen LogP contribution in [0.15, 0.2) is 82.9 Å². The minimum Gasteiger partial charge on any atom is -0.326 e. The first-order valence-corrected chi connectivity index (χ1v) is 12.6. The van der Waals surface area contributed by atoms with E-state index in [-0.39, 0.29) is 30.1 Å². The average molecular weight is 501 g/mol. The van der Waals surface area contributed by atoms with Crippen molar-refractivity contribution in [1.82, 2.24) is 5.01 Å². The standard InChI is InChI=1S/C28H25FN4O2S/c1-17-3-7-19(8-4-17)23-15-24(20-9-11-21(29)12-10-20)33(32-23)28-31-27(35)25(36-28)16-26(34)30-22-13-5-18(2)6-14-22/h3-14,24-25H,15-16H2,1-2H3,(H,30,34)/t24-,25-/m1/s1. The number of halogens is 1. The molecule has 2 amide bonds. The number of hydrogen-bond donors (Lipinski definition) is 1. The molecule has 2 aliphatic heterocycles. The van der Waals surface area contributed by atoms with E-state index in [2.05, 4.69) is 10.3 Å². The molecule has 2 aliphatic rings. The van der Waals surface area contributed by atoms with Gasteiger partial charge >= 0.3 is 0 Å². The highest BCUT2D eigenvalue weighted by molar-refractivity contribution is 8.15. The second-order valence-corrected chi connectivity index (χ2v) is 10.2. The Bertz CT molecular complexity index is 1350. The minimum atomic E-state index is -0.627. The van der Waals surface area contributed by atoms with Gasteiger partial charge in [0.25, 0.3) is 5.91 Å². The molecule has 6 nitrogen and oxygen atoms in total. The Labute approximate surface area is 213 Å². The minimum absolute atomic E-state index is 0.00790. The third-order valence-corrected chi connectivity index (χ3v) is 7.32. The Hall–Kier alpha value is -3.78. The van der Waals surface area contributed by atoms with Gasteiger partial charge in [-0.2, -0.15) is 10.1 Å². The number of amidine groups is 1. The first kappa shape index (κ1) is 23.9. The van der Waals surface area contributed by atoms with Gasteiger partial charge in [-0.25, -0.2) is 9.40 Å². The molecule has 182 valence electrons. The summed E-state index contributed by atoms with van der Waals surface area (Å²) < 4.78 is 13.6. The number of nitrogens with one attached hydrogen (secondary N) is 1. The van der Waals surface area contributed by atoms with E-state index in [1.54, 1.807) is 17.1 Å². The van der Waals surface area contributed by atoms with Crippen LogP contribution in [0, 0.1) is 19.7 Å². The Kier molecular flexibility index (Phi) is 6.69. The van der Waals surface area contributed by atoms with Crippen LogP contribution in [0.4, 0.5) is 10.1 Å². The zero-order chi connectivity index (χ0) is 25.2. The van der Waals surface area contributed by atoms with Crippen molar-refractivity contribution < 1.29 is 14.0 Å². The number of amides is 2. The highest BCUT2D eigenvalue weighted by Gasteiger charge is 2.39. The van der Waals surface area contributed by atoms with Crippen molar-refractivity contribution in [3.8, 4) is 0 Å². The Morgan fingerprint density at radius 1 is 1.00 bits per heavy atom. The number of nitrogens with zero attached hydrogens (tertiary/aromatic N) is 3. The molecule has 2 atom stereocenters. The van der Waals surface area contributed by atoms with Gasteiger partial charge < -0.3 is 5.32 Å². The molecule has 3 aromatic carbocycles. The van der Waals surface area contributed by atoms with Crippen LogP contribution in [0.5, 0.6) is 0 Å². The summed E-state index contributed by atoms with van der Waals surface area (Å²) in [7, 11) is 0. The number of thioether (sulfide) groups is 1. The number of carbonyl (C=O) groups is 2. The maximum Gasteiger partial charge on any atom is 0.262 e. The highest BCUT2D eigenvalue weighted by Crippen LogP contribution is 2.38. The van der Waals surface area contributed by atoms with Gasteiger partial charge in [0, 0.05) is 18.5 Å². The number of rotatable bonds is 5. The molecular weight excluding hydrogens is 475 g/mol. The molecule has 0 bridgehead atoms. The zero-order valence-corrected chi connectivity index (χ0v) is 20.8. The number of aliphatic imine (C=N–C) groups is 1. The molecule has 0 radical (unpaired) electrons. The van der Waals surface area contributed by atoms with Crippen molar-refractivity contribution >= 4 is 40.1 Å². The SMILES string of the molecule is Cc1ccc(NC(=O)C[C@H]2SC(N3N=C(c4ccc(C)cc4)C[C@@H]3c3ccc(F)cc3)=NC2=O)cc1. The van der Waals surface area contributed by atoms with Crippen LogP contribution in [0.2, 0.25) is 0 Å². The molecule has 1 N–H and O–H groups in total. The number of anilines is 1. The van der Waals surface area contributed by atoms with Gasteiger partial charge in [0.05, 0.1) is 11.8 Å². The van der Waals surface area contributed by atoms with Crippen molar-refractivity contribution in [2.75, 3.05) is 5.32 Å². The fraction of sp³-hybridized carbons (Fsp3) is 0.214. The number of hydrazone groups is 1. The second-order valence-electron chi connectivity index (χ2n) is 8.99. The van der Waals surface area contributed by atoms with E-state index >= 15 is 0 Å². The monoisotopic (exact) mass is 500 g/mol. The van der Waals surface area contributed by atoms with E-state index in [1.807, 2.05) is 62.4 Å². The molecule has 0 unspecified atom stereocenters. The fourth-order valence-corrected chi connectivity index (χ4v) is 5.23. The summed E-state index contributed by atoms with van der Waals surface area (Å²) in [5.74, 6) is -0.919. The fourth-order valence-electron chi connectivity index (χ4n) is 4.17. The summed E-state index contributed by atoms with van der Waals surface area (Å²) in [4.78, 5) is 29.6. The van der Waals surface area contributed by atoms with Gasteiger partial charge in [-0.05, 0) is 49.2 Å². The highest BCUT2D eigenvalue weighted by atomic mass is 32.2. The van der Waals surface area contributed by atoms with Crippen LogP contribution in [0.3, 0.4) is 0 Å². The van der Waals surface area contributed by atoms with Crippen LogP contribution in [0.25, 0.3) is 0 Å². The molecule has 36 heavy (non-hydrogen) atoms. The van der Waals surface area contributed by atoms with E-state index in [0.29, 0.717) is 17.3 Å². The first-order valence-electron chi connectivity index (χ1n) is 11.7. The third kappa shape index (κ3) is 5.23. The van der Waals surface area contributed by atoms with Gasteiger partial charge in [0.2, 0.25) is 5.91 Å². The lowest BCUT2D eigenvalue weighted by Crippen LogP contribution is -2.25. The lowest BCUT2D eigenvalue weighted by Gasteiger charge is -2.23. The normalized spacial score (nSPS) is 19.3. The van der Waals surface area contributed by atoms with Crippen molar-refractivity contribution in [2.45, 2.75) is 38.0 Å². The van der Waals surface area contributed by atoms with Gasteiger partial charge in [-0.3, -0.25) is 9.59 Å². The summed E-state index contributed by atoms with van der Waals surface area (Å²) in [6.45, 7) is 4.00. The largest absolute Gasteiger partial charge is 0.326 e. The molecule has 0 fully saturated rings. The van der Waals surface area contributed by atoms with Crippen LogP contribution in [0.1, 0.15) is 41.1 Å². The van der Waals surface area contributed by atoms with Crippen molar-refractivity contribution in [1.29, 1.82) is 0 Å². The van der Waals surface area contributed by atoms with Crippen LogP contribution in [-0.2, 0) is 9.59 Å². The maximum atomic E-state index is 13.6. The van der Waals surface area contributed by atoms with Gasteiger partial charge in [-0.1, -0.05) is 71.4 Å². The predicted octanol–water partition coefficient (Wildman–Crippen LogP) is 5.62. The molecule has 0 saturated carbocycles. The second kappa shape index (κ2) is 10.1. The predicted molar refractivity (Wildman–Crippen MR) is 142 cm³/mol. The summed E-state index contributed by atoms with van der Waals surface area (Å²) >= 11 is 1.24. The molecule has 5 rings (SSSR count). The Balaban J connectivity index is 1.35. The first-order chi connectivity index (χ1) is 17.4. The molecular formula is C28H25FN4O2S. The summed E-state index contributed by atoms with van der Waals surface area (Å²) in [5.41, 5.74) is 5.65. The molecule has 0 saturated heterocycles. The van der Waals surface area contributed by atoms with E-state index in [1.165, 1.54) is 23.9 Å².